The van der Waals surface area contributed by atoms with Crippen molar-refractivity contribution in [1.29, 1.82) is 0 Å². The lowest BCUT2D eigenvalue weighted by molar-refractivity contribution is -0.124. The van der Waals surface area contributed by atoms with Gasteiger partial charge in [0.25, 0.3) is 0 Å². The summed E-state index contributed by atoms with van der Waals surface area (Å²) in [5.41, 5.74) is 5.46. The number of carbonyl (C=O) groups excluding carboxylic acids is 1. The second-order valence-corrected chi connectivity index (χ2v) is 11.3. The highest BCUT2D eigenvalue weighted by Gasteiger charge is 2.32. The summed E-state index contributed by atoms with van der Waals surface area (Å²) in [6.45, 7) is 4.84. The fourth-order valence-corrected chi connectivity index (χ4v) is 6.32. The first kappa shape index (κ1) is 26.5. The van der Waals surface area contributed by atoms with Crippen molar-refractivity contribution in [3.63, 3.8) is 0 Å². The molecule has 2 saturated carbocycles. The Morgan fingerprint density at radius 1 is 1.00 bits per heavy atom. The van der Waals surface area contributed by atoms with E-state index in [2.05, 4.69) is 42.4 Å². The van der Waals surface area contributed by atoms with Gasteiger partial charge in [-0.05, 0) is 119 Å². The first-order valence-electron chi connectivity index (χ1n) is 14.2. The molecule has 0 atom stereocenters. The molecule has 6 nitrogen and oxygen atoms in total. The predicted octanol–water partition coefficient (Wildman–Crippen LogP) is 6.36. The maximum absolute atomic E-state index is 13.9. The van der Waals surface area contributed by atoms with Crippen LogP contribution < -0.4 is 9.64 Å². The van der Waals surface area contributed by atoms with E-state index in [1.165, 1.54) is 11.1 Å². The number of nitrogens with zero attached hydrogens (tertiary/aromatic N) is 3. The van der Waals surface area contributed by atoms with Gasteiger partial charge in [-0.15, -0.1) is 0 Å². The Hall–Kier alpha value is -3.12. The van der Waals surface area contributed by atoms with E-state index in [0.29, 0.717) is 24.7 Å². The van der Waals surface area contributed by atoms with Gasteiger partial charge in [0.1, 0.15) is 5.75 Å². The van der Waals surface area contributed by atoms with Crippen molar-refractivity contribution >= 4 is 11.6 Å². The number of anilines is 1. The van der Waals surface area contributed by atoms with Gasteiger partial charge in [0, 0.05) is 24.3 Å². The summed E-state index contributed by atoms with van der Waals surface area (Å²) >= 11 is 0. The van der Waals surface area contributed by atoms with Crippen molar-refractivity contribution in [1.82, 2.24) is 9.78 Å². The summed E-state index contributed by atoms with van der Waals surface area (Å²) < 4.78 is 7.32. The second-order valence-electron chi connectivity index (χ2n) is 11.3. The molecule has 0 saturated heterocycles. The number of amides is 1. The van der Waals surface area contributed by atoms with E-state index in [1.54, 1.807) is 7.11 Å². The molecule has 202 valence electrons. The van der Waals surface area contributed by atoms with Crippen molar-refractivity contribution in [2.45, 2.75) is 77.2 Å². The normalized spacial score (nSPS) is 23.7. The Labute approximate surface area is 226 Å². The third-order valence-corrected chi connectivity index (χ3v) is 8.62. The molecular formula is C32H41N3O3. The highest BCUT2D eigenvalue weighted by atomic mass is 16.5. The minimum Gasteiger partial charge on any atom is -0.496 e. The Bertz CT molecular complexity index is 1240. The van der Waals surface area contributed by atoms with E-state index in [0.717, 1.165) is 67.9 Å². The number of carbonyl (C=O) groups is 1. The van der Waals surface area contributed by atoms with Crippen molar-refractivity contribution in [3.05, 3.63) is 71.5 Å². The number of hydrogen-bond donors (Lipinski definition) is 1. The Balaban J connectivity index is 1.32. The maximum Gasteiger partial charge on any atom is 0.230 e. The van der Waals surface area contributed by atoms with Gasteiger partial charge in [0.05, 0.1) is 24.6 Å². The number of aliphatic hydroxyl groups excluding tert-OH is 1. The minimum absolute atomic E-state index is 0.0207. The molecule has 2 fully saturated rings. The molecular weight excluding hydrogens is 474 g/mol. The van der Waals surface area contributed by atoms with Crippen LogP contribution in [0.4, 0.5) is 5.69 Å². The smallest absolute Gasteiger partial charge is 0.230 e. The first-order chi connectivity index (χ1) is 18.4. The Kier molecular flexibility index (Phi) is 8.18. The zero-order valence-electron chi connectivity index (χ0n) is 23.0. The number of methoxy groups -OCH3 is 1. The number of aryl methyl sites for hydroxylation is 2. The molecule has 0 radical (unpaired) electrons. The van der Waals surface area contributed by atoms with Crippen LogP contribution in [0, 0.1) is 25.7 Å². The highest BCUT2D eigenvalue weighted by Crippen LogP contribution is 2.38. The lowest BCUT2D eigenvalue weighted by Gasteiger charge is -2.36. The van der Waals surface area contributed by atoms with Crippen molar-refractivity contribution in [2.24, 2.45) is 11.8 Å². The summed E-state index contributed by atoms with van der Waals surface area (Å²) in [6.07, 6.45) is 9.15. The number of aliphatic hydroxyl groups is 1. The molecule has 3 aromatic rings. The standard InChI is InChI=1S/C32H41N3O3/c1-22-19-27(13-16-31(22)38-3)25-9-7-24(8-10-25)21-34(32(37)26-11-14-30(36)15-12-26)28-5-4-6-29(20-28)35-18-17-23(2)33-35/h4-6,13,16-20,24-26,30,36H,7-12,14-15,21H2,1-3H3/t24-,25-,26-,30-. The summed E-state index contributed by atoms with van der Waals surface area (Å²) in [5.74, 6) is 2.16. The number of hydrogen-bond acceptors (Lipinski definition) is 4. The van der Waals surface area contributed by atoms with E-state index < -0.39 is 0 Å². The average molecular weight is 516 g/mol. The van der Waals surface area contributed by atoms with Gasteiger partial charge < -0.3 is 14.7 Å². The maximum atomic E-state index is 13.9. The number of aromatic nitrogens is 2. The van der Waals surface area contributed by atoms with Crippen LogP contribution in [0.25, 0.3) is 5.69 Å². The zero-order valence-corrected chi connectivity index (χ0v) is 23.0. The van der Waals surface area contributed by atoms with Gasteiger partial charge in [-0.1, -0.05) is 18.2 Å². The van der Waals surface area contributed by atoms with Gasteiger partial charge in [0.2, 0.25) is 5.91 Å². The van der Waals surface area contributed by atoms with E-state index in [-0.39, 0.29) is 17.9 Å². The zero-order chi connectivity index (χ0) is 26.6. The lowest BCUT2D eigenvalue weighted by atomic mass is 9.78. The minimum atomic E-state index is -0.268. The molecule has 2 aliphatic rings. The lowest BCUT2D eigenvalue weighted by Crippen LogP contribution is -2.41. The summed E-state index contributed by atoms with van der Waals surface area (Å²) in [6, 6.07) is 16.8. The molecule has 0 unspecified atom stereocenters. The number of ether oxygens (including phenoxy) is 1. The van der Waals surface area contributed by atoms with Crippen molar-refractivity contribution in [3.8, 4) is 11.4 Å². The molecule has 1 N–H and O–H groups in total. The number of benzene rings is 2. The van der Waals surface area contributed by atoms with Gasteiger partial charge in [-0.2, -0.15) is 5.10 Å². The van der Waals surface area contributed by atoms with Crippen molar-refractivity contribution in [2.75, 3.05) is 18.6 Å². The van der Waals surface area contributed by atoms with Gasteiger partial charge >= 0.3 is 0 Å². The largest absolute Gasteiger partial charge is 0.496 e. The molecule has 1 aromatic heterocycles. The summed E-state index contributed by atoms with van der Waals surface area (Å²) in [7, 11) is 1.72. The van der Waals surface area contributed by atoms with Gasteiger partial charge in [0.15, 0.2) is 0 Å². The van der Waals surface area contributed by atoms with E-state index in [9.17, 15) is 9.90 Å². The first-order valence-corrected chi connectivity index (χ1v) is 14.2. The van der Waals surface area contributed by atoms with E-state index in [1.807, 2.05) is 40.9 Å². The third-order valence-electron chi connectivity index (χ3n) is 8.62. The second kappa shape index (κ2) is 11.7. The molecule has 6 heteroatoms. The van der Waals surface area contributed by atoms with Crippen molar-refractivity contribution < 1.29 is 14.6 Å². The van der Waals surface area contributed by atoms with Gasteiger partial charge in [-0.3, -0.25) is 4.79 Å². The fourth-order valence-electron chi connectivity index (χ4n) is 6.32. The van der Waals surface area contributed by atoms with Crippen LogP contribution in [-0.2, 0) is 4.79 Å². The molecule has 2 aromatic carbocycles. The fraction of sp³-hybridized carbons (Fsp3) is 0.500. The quantitative estimate of drug-likeness (QED) is 0.398. The molecule has 0 spiro atoms. The molecule has 2 aliphatic carbocycles. The summed E-state index contributed by atoms with van der Waals surface area (Å²) in [5, 5.41) is 14.6. The van der Waals surface area contributed by atoms with Crippen LogP contribution in [-0.4, -0.2) is 40.6 Å². The Morgan fingerprint density at radius 3 is 2.42 bits per heavy atom. The molecule has 1 heterocycles. The van der Waals surface area contributed by atoms with Crippen LogP contribution in [0.1, 0.15) is 74.1 Å². The van der Waals surface area contributed by atoms with Crippen LogP contribution >= 0.6 is 0 Å². The molecule has 0 aliphatic heterocycles. The molecule has 0 bridgehead atoms. The third kappa shape index (κ3) is 5.96. The van der Waals surface area contributed by atoms with Gasteiger partial charge in [-0.25, -0.2) is 4.68 Å². The Morgan fingerprint density at radius 2 is 1.76 bits per heavy atom. The predicted molar refractivity (Wildman–Crippen MR) is 151 cm³/mol. The van der Waals surface area contributed by atoms with Crippen LogP contribution in [0.3, 0.4) is 0 Å². The molecule has 1 amide bonds. The number of rotatable bonds is 7. The highest BCUT2D eigenvalue weighted by molar-refractivity contribution is 5.95. The van der Waals surface area contributed by atoms with Crippen LogP contribution in [0.2, 0.25) is 0 Å². The van der Waals surface area contributed by atoms with E-state index in [4.69, 9.17) is 4.74 Å². The molecule has 38 heavy (non-hydrogen) atoms. The van der Waals surface area contributed by atoms with E-state index >= 15 is 0 Å². The van der Waals surface area contributed by atoms with Crippen LogP contribution in [0.15, 0.2) is 54.7 Å². The van der Waals surface area contributed by atoms with Crippen LogP contribution in [0.5, 0.6) is 5.75 Å². The summed E-state index contributed by atoms with van der Waals surface area (Å²) in [4.78, 5) is 16.0. The topological polar surface area (TPSA) is 67.6 Å². The SMILES string of the molecule is COc1ccc([C@H]2CC[C@H](CN(c3cccc(-n4ccc(C)n4)c3)C(=O)[C@H]3CC[C@H](O)CC3)CC2)cc1C. The average Bonchev–Trinajstić information content (AvgIpc) is 3.38. The monoisotopic (exact) mass is 515 g/mol. The molecule has 5 rings (SSSR count).